The predicted octanol–water partition coefficient (Wildman–Crippen LogP) is 8.87. The van der Waals surface area contributed by atoms with E-state index in [0.29, 0.717) is 20.1 Å². The Kier molecular flexibility index (Phi) is 17.1. The summed E-state index contributed by atoms with van der Waals surface area (Å²) < 4.78 is 27.4. The van der Waals surface area contributed by atoms with Crippen LogP contribution in [0.4, 0.5) is 0 Å². The number of fused-ring (bicyclic) bond motifs is 16. The third kappa shape index (κ3) is 12.3. The fourth-order valence-electron chi connectivity index (χ4n) is 13.1. The van der Waals surface area contributed by atoms with Crippen molar-refractivity contribution in [2.45, 2.75) is 70.8 Å². The Bertz CT molecular complexity index is 5380. The van der Waals surface area contributed by atoms with Crippen LogP contribution in [0.1, 0.15) is 86.9 Å². The van der Waals surface area contributed by atoms with Gasteiger partial charge in [0.05, 0.1) is 22.4 Å². The molecule has 0 saturated carbocycles. The molecule has 8 heterocycles. The number of benzene rings is 9. The molecule has 104 heavy (non-hydrogen) atoms. The maximum Gasteiger partial charge on any atom is 0.333 e. The van der Waals surface area contributed by atoms with E-state index in [4.69, 9.17) is 23.9 Å². The van der Waals surface area contributed by atoms with Crippen LogP contribution >= 0.6 is 23.1 Å². The van der Waals surface area contributed by atoms with E-state index < -0.39 is 142 Å². The Morgan fingerprint density at radius 3 is 1.73 bits per heavy atom. The number of aromatic nitrogens is 2. The molecule has 17 bridgehead atoms. The van der Waals surface area contributed by atoms with Crippen LogP contribution in [0.3, 0.4) is 0 Å². The molecule has 27 nitrogen and oxygen atoms in total. The van der Waals surface area contributed by atoms with E-state index in [-0.39, 0.29) is 78.6 Å². The van der Waals surface area contributed by atoms with E-state index in [1.165, 1.54) is 109 Å². The zero-order valence-electron chi connectivity index (χ0n) is 54.2. The third-order valence-electron chi connectivity index (χ3n) is 18.4. The molecule has 6 amide bonds. The van der Waals surface area contributed by atoms with E-state index in [1.54, 1.807) is 10.8 Å². The summed E-state index contributed by atoms with van der Waals surface area (Å²) >= 11 is 2.68. The van der Waals surface area contributed by atoms with Gasteiger partial charge in [0.25, 0.3) is 0 Å². The summed E-state index contributed by atoms with van der Waals surface area (Å²) in [6.07, 6.45) is -2.28. The van der Waals surface area contributed by atoms with Gasteiger partial charge in [-0.3, -0.25) is 28.8 Å². The minimum absolute atomic E-state index is 0.00698. The minimum Gasteiger partial charge on any atom is -0.508 e. The van der Waals surface area contributed by atoms with Crippen molar-refractivity contribution in [3.05, 3.63) is 221 Å². The maximum absolute atomic E-state index is 16.1. The average Bonchev–Trinajstić information content (AvgIpc) is 1.16. The predicted molar refractivity (Wildman–Crippen MR) is 372 cm³/mol. The molecule has 14 N–H and O–H groups in total. The zero-order chi connectivity index (χ0) is 72.7. The second-order valence-electron chi connectivity index (χ2n) is 24.9. The van der Waals surface area contributed by atoms with E-state index in [9.17, 15) is 50.4 Å². The lowest BCUT2D eigenvalue weighted by atomic mass is 9.89. The average molecular weight is 1440 g/mol. The Labute approximate surface area is 595 Å². The molecule has 524 valence electrons. The van der Waals surface area contributed by atoms with Gasteiger partial charge in [0.1, 0.15) is 88.7 Å². The lowest BCUT2D eigenvalue weighted by Gasteiger charge is -2.32. The van der Waals surface area contributed by atoms with Crippen LogP contribution in [0.25, 0.3) is 32.1 Å². The van der Waals surface area contributed by atoms with Crippen LogP contribution in [0.5, 0.6) is 69.0 Å². The molecule has 9 aromatic carbocycles. The van der Waals surface area contributed by atoms with Crippen LogP contribution in [0.2, 0.25) is 0 Å². The largest absolute Gasteiger partial charge is 0.508 e. The Hall–Kier alpha value is -12.8. The Morgan fingerprint density at radius 2 is 1.07 bits per heavy atom. The van der Waals surface area contributed by atoms with Gasteiger partial charge in [-0.1, -0.05) is 72.8 Å². The van der Waals surface area contributed by atoms with Crippen molar-refractivity contribution in [3.8, 4) is 80.1 Å². The second kappa shape index (κ2) is 26.6. The zero-order valence-corrected chi connectivity index (χ0v) is 55.9. The van der Waals surface area contributed by atoms with Crippen LogP contribution in [0.15, 0.2) is 185 Å². The third-order valence-corrected chi connectivity index (χ3v) is 20.6. The number of carbonyl (C=O) groups excluding carboxylic acids is 7. The van der Waals surface area contributed by atoms with Gasteiger partial charge in [-0.05, 0) is 143 Å². The Balaban J connectivity index is 0.909. The summed E-state index contributed by atoms with van der Waals surface area (Å²) in [7, 11) is 0.980. The highest BCUT2D eigenvalue weighted by Crippen LogP contribution is 2.49. The standard InChI is InChI=1S/C75H58N8O19S2/c1-32-49(87)24-38-26-51(32)102-52-25-36(16-22-48(52)86)63(83-31-37-7-3-4-8-43(37)73(83)104-75-76-46-9-5-6-10-55(46)103-75)72(97)82-62-65(90)34-13-19-42(20-14-34)101-54-28-39-27-53(66(54)91)100-41-17-11-33(12-18-41)64(89)61-71(96)80-60(74(98)99-2)45-29-40(84)30-50(88)56(45)44-23-35(15-21-47(44)85)57(67(92)81-61)77-69(94)59(39)78-68(93)58(38)79-70(62)95/h3-31,57-65,84-91H,1-2H3,(H,77,94)(H,78,93)(H,79,95)(H,80,96)(H,81,92)(H,82,97)/t57-,58+,59-,60+,61+,62-,63-,64-,65-/m1/s1. The van der Waals surface area contributed by atoms with Crippen molar-refractivity contribution in [2.75, 3.05) is 7.11 Å². The molecule has 0 unspecified atom stereocenters. The molecule has 0 fully saturated rings. The maximum atomic E-state index is 16.1. The fraction of sp³-hybridized carbons (Fsp3) is 0.147. The first-order valence-corrected chi connectivity index (χ1v) is 33.7. The highest BCUT2D eigenvalue weighted by Gasteiger charge is 2.43. The van der Waals surface area contributed by atoms with E-state index in [1.807, 2.05) is 48.5 Å². The number of methoxy groups -OCH3 is 1. The van der Waals surface area contributed by atoms with E-state index in [0.717, 1.165) is 59.8 Å². The monoisotopic (exact) mass is 1440 g/mol. The molecular weight excluding hydrogens is 1380 g/mol. The number of rotatable bonds is 4. The van der Waals surface area contributed by atoms with Gasteiger partial charge >= 0.3 is 5.97 Å². The van der Waals surface area contributed by atoms with Gasteiger partial charge < -0.3 is 96.3 Å². The number of aliphatic hydroxyl groups excluding tert-OH is 2. The Morgan fingerprint density at radius 1 is 0.519 bits per heavy atom. The molecule has 6 aliphatic rings. The highest BCUT2D eigenvalue weighted by atomic mass is 32.2. The van der Waals surface area contributed by atoms with Gasteiger partial charge in [0.2, 0.25) is 41.2 Å². The quantitative estimate of drug-likeness (QED) is 0.0731. The number of phenolic OH excluding ortho intramolecular Hbond substituents is 6. The molecule has 0 saturated heterocycles. The molecule has 0 radical (unpaired) electrons. The highest BCUT2D eigenvalue weighted by molar-refractivity contribution is 8.01. The van der Waals surface area contributed by atoms with Crippen LogP contribution < -0.4 is 46.1 Å². The van der Waals surface area contributed by atoms with Gasteiger partial charge in [0, 0.05) is 45.3 Å². The van der Waals surface area contributed by atoms with Crippen molar-refractivity contribution in [2.24, 2.45) is 0 Å². The normalized spacial score (nSPS) is 20.9. The number of hydrogen-bond donors (Lipinski definition) is 14. The molecule has 6 aliphatic heterocycles. The van der Waals surface area contributed by atoms with Crippen LogP contribution in [-0.4, -0.2) is 111 Å². The summed E-state index contributed by atoms with van der Waals surface area (Å²) in [5.41, 5.74) is -0.966. The number of hydrogen-bond acceptors (Lipinski definition) is 22. The number of nitrogens with one attached hydrogen (secondary N) is 6. The summed E-state index contributed by atoms with van der Waals surface area (Å²) in [6, 6.07) is 25.7. The molecule has 9 atom stereocenters. The summed E-state index contributed by atoms with van der Waals surface area (Å²) in [5, 5.41) is 113. The number of aromatic hydroxyl groups is 6. The molecule has 17 rings (SSSR count). The van der Waals surface area contributed by atoms with Crippen molar-refractivity contribution in [3.63, 3.8) is 0 Å². The molecule has 29 heteroatoms. The smallest absolute Gasteiger partial charge is 0.333 e. The SMILES string of the molecule is COC(=O)[C@H]1NC(=O)[C@H]2NC(=O)[C@H](NC(=O)[C@@H]3NC(=O)[C@H]4NC(=O)[C@H](NC(=O)[C@H](n5cc6ccccc6c5Sc5nc6ccccc6s5)c5ccc(O)c(c5)Oc5cc4cc(O)c5C)[C@H](O)c4ccc(cc4)Oc4cc3cc(c4O)Oc3ccc(cc3)[C@H]2O)c2ccc(O)c(c2)-c2c(O)cc(O)cc21. The summed E-state index contributed by atoms with van der Waals surface area (Å²) in [5.74, 6) is -13.6. The van der Waals surface area contributed by atoms with Crippen LogP contribution in [-0.2, 0) is 38.3 Å². The number of para-hydroxylation sites is 1. The number of nitrogens with zero attached hydrogens (tertiary/aromatic N) is 2. The number of thiazole rings is 1. The van der Waals surface area contributed by atoms with E-state index >= 15 is 24.0 Å². The number of ether oxygens (including phenoxy) is 4. The van der Waals surface area contributed by atoms with Gasteiger partial charge in [-0.15, -0.1) is 11.3 Å². The van der Waals surface area contributed by atoms with Crippen LogP contribution in [0, 0.1) is 6.92 Å². The molecular formula is C75H58N8O19S2. The summed E-state index contributed by atoms with van der Waals surface area (Å²) in [4.78, 5) is 113. The lowest BCUT2D eigenvalue weighted by Crippen LogP contribution is -2.55. The van der Waals surface area contributed by atoms with Gasteiger partial charge in [-0.25, -0.2) is 9.78 Å². The van der Waals surface area contributed by atoms with E-state index in [2.05, 4.69) is 31.9 Å². The number of phenols is 6. The second-order valence-corrected chi connectivity index (χ2v) is 27.2. The van der Waals surface area contributed by atoms with Crippen molar-refractivity contribution in [1.82, 2.24) is 41.5 Å². The van der Waals surface area contributed by atoms with Crippen molar-refractivity contribution in [1.29, 1.82) is 0 Å². The van der Waals surface area contributed by atoms with Gasteiger partial charge in [-0.2, -0.15) is 0 Å². The molecule has 11 aromatic rings. The molecule has 0 spiro atoms. The fourth-order valence-corrected chi connectivity index (χ4v) is 15.3. The first-order chi connectivity index (χ1) is 50.0. The van der Waals surface area contributed by atoms with Crippen molar-refractivity contribution < 1.29 is 93.4 Å². The lowest BCUT2D eigenvalue weighted by molar-refractivity contribution is -0.146. The number of amides is 6. The number of carbonyl (C=O) groups is 7. The molecule has 2 aromatic heterocycles. The number of esters is 1. The first-order valence-electron chi connectivity index (χ1n) is 32.1. The topological polar surface area (TPSA) is 408 Å². The first kappa shape index (κ1) is 67.0. The number of aliphatic hydroxyl groups is 2. The molecule has 0 aliphatic carbocycles. The van der Waals surface area contributed by atoms with Gasteiger partial charge in [0.15, 0.2) is 33.4 Å². The van der Waals surface area contributed by atoms with Crippen molar-refractivity contribution >= 4 is 85.5 Å². The minimum atomic E-state index is -2.17. The summed E-state index contributed by atoms with van der Waals surface area (Å²) in [6.45, 7) is 1.46.